The lowest BCUT2D eigenvalue weighted by molar-refractivity contribution is 0.102. The van der Waals surface area contributed by atoms with E-state index in [9.17, 15) is 4.79 Å². The number of H-pyrrole nitrogens is 1. The van der Waals surface area contributed by atoms with Gasteiger partial charge in [0.1, 0.15) is 11.4 Å². The topological polar surface area (TPSA) is 54.1 Å². The maximum Gasteiger partial charge on any atom is 0.272 e. The van der Waals surface area contributed by atoms with Crippen LogP contribution in [0.5, 0.6) is 5.75 Å². The molecule has 1 amide bonds. The Bertz CT molecular complexity index is 899. The summed E-state index contributed by atoms with van der Waals surface area (Å²) in [4.78, 5) is 15.7. The smallest absolute Gasteiger partial charge is 0.272 e. The third kappa shape index (κ3) is 2.90. The molecule has 0 unspecified atom stereocenters. The second-order valence-electron chi connectivity index (χ2n) is 5.48. The quantitative estimate of drug-likeness (QED) is 0.732. The second kappa shape index (κ2) is 5.97. The van der Waals surface area contributed by atoms with Crippen LogP contribution in [0.2, 0.25) is 5.02 Å². The van der Waals surface area contributed by atoms with E-state index < -0.39 is 0 Å². The number of ether oxygens (including phenoxy) is 1. The van der Waals surface area contributed by atoms with E-state index in [0.29, 0.717) is 22.2 Å². The van der Waals surface area contributed by atoms with Crippen LogP contribution in [0.25, 0.3) is 10.9 Å². The minimum absolute atomic E-state index is 0.197. The van der Waals surface area contributed by atoms with E-state index in [1.807, 2.05) is 32.0 Å². The van der Waals surface area contributed by atoms with Crippen molar-refractivity contribution in [2.24, 2.45) is 0 Å². The molecule has 5 heteroatoms. The first-order valence-electron chi connectivity index (χ1n) is 7.23. The Hall–Kier alpha value is -2.46. The summed E-state index contributed by atoms with van der Waals surface area (Å²) in [5, 5.41) is 4.36. The molecule has 3 rings (SSSR count). The van der Waals surface area contributed by atoms with Crippen LogP contribution in [0, 0.1) is 13.8 Å². The van der Waals surface area contributed by atoms with E-state index in [0.717, 1.165) is 22.0 Å². The van der Waals surface area contributed by atoms with Crippen LogP contribution < -0.4 is 10.1 Å². The molecule has 0 radical (unpaired) electrons. The SMILES string of the molecule is COc1ccc(NC(=O)c2[nH]c3cc(C)ccc3c2C)cc1Cl. The number of hydrogen-bond donors (Lipinski definition) is 2. The molecule has 0 spiro atoms. The predicted molar refractivity (Wildman–Crippen MR) is 93.7 cm³/mol. The summed E-state index contributed by atoms with van der Waals surface area (Å²) in [7, 11) is 1.55. The number of anilines is 1. The molecule has 0 aliphatic heterocycles. The Morgan fingerprint density at radius 2 is 1.96 bits per heavy atom. The maximum absolute atomic E-state index is 12.5. The lowest BCUT2D eigenvalue weighted by Gasteiger charge is -2.08. The van der Waals surface area contributed by atoms with Gasteiger partial charge in [0.25, 0.3) is 5.91 Å². The first-order valence-corrected chi connectivity index (χ1v) is 7.61. The zero-order chi connectivity index (χ0) is 16.6. The summed E-state index contributed by atoms with van der Waals surface area (Å²) in [6.45, 7) is 3.96. The highest BCUT2D eigenvalue weighted by Gasteiger charge is 2.15. The summed E-state index contributed by atoms with van der Waals surface area (Å²) in [6, 6.07) is 11.2. The highest BCUT2D eigenvalue weighted by molar-refractivity contribution is 6.32. The fourth-order valence-corrected chi connectivity index (χ4v) is 2.87. The van der Waals surface area contributed by atoms with E-state index in [1.54, 1.807) is 25.3 Å². The molecule has 0 aliphatic carbocycles. The second-order valence-corrected chi connectivity index (χ2v) is 5.88. The Balaban J connectivity index is 1.91. The Labute approximate surface area is 139 Å². The van der Waals surface area contributed by atoms with E-state index in [2.05, 4.69) is 10.3 Å². The van der Waals surface area contributed by atoms with Gasteiger partial charge in [-0.25, -0.2) is 0 Å². The fraction of sp³-hybridized carbons (Fsp3) is 0.167. The number of fused-ring (bicyclic) bond motifs is 1. The molecule has 0 saturated carbocycles. The van der Waals surface area contributed by atoms with Crippen molar-refractivity contribution in [3.8, 4) is 5.75 Å². The van der Waals surface area contributed by atoms with Crippen molar-refractivity contribution in [3.63, 3.8) is 0 Å². The van der Waals surface area contributed by atoms with E-state index in [4.69, 9.17) is 16.3 Å². The van der Waals surface area contributed by atoms with Gasteiger partial charge in [-0.05, 0) is 49.2 Å². The Kier molecular flexibility index (Phi) is 4.01. The van der Waals surface area contributed by atoms with Crippen LogP contribution in [-0.2, 0) is 0 Å². The maximum atomic E-state index is 12.5. The van der Waals surface area contributed by atoms with Crippen molar-refractivity contribution in [3.05, 3.63) is 58.2 Å². The number of benzene rings is 2. The number of aromatic nitrogens is 1. The molecule has 0 atom stereocenters. The first kappa shape index (κ1) is 15.4. The zero-order valence-electron chi connectivity index (χ0n) is 13.2. The van der Waals surface area contributed by atoms with Gasteiger partial charge in [0.2, 0.25) is 0 Å². The van der Waals surface area contributed by atoms with Crippen LogP contribution >= 0.6 is 11.6 Å². The highest BCUT2D eigenvalue weighted by atomic mass is 35.5. The number of hydrogen-bond acceptors (Lipinski definition) is 2. The lowest BCUT2D eigenvalue weighted by atomic mass is 10.1. The summed E-state index contributed by atoms with van der Waals surface area (Å²) in [5.74, 6) is 0.375. The van der Waals surface area contributed by atoms with Gasteiger partial charge in [-0.15, -0.1) is 0 Å². The van der Waals surface area contributed by atoms with Crippen LogP contribution in [-0.4, -0.2) is 18.0 Å². The fourth-order valence-electron chi connectivity index (χ4n) is 2.62. The van der Waals surface area contributed by atoms with Gasteiger partial charge in [-0.2, -0.15) is 0 Å². The van der Waals surface area contributed by atoms with Gasteiger partial charge < -0.3 is 15.0 Å². The average Bonchev–Trinajstić information content (AvgIpc) is 2.84. The van der Waals surface area contributed by atoms with Crippen molar-refractivity contribution >= 4 is 34.1 Å². The van der Waals surface area contributed by atoms with Crippen molar-refractivity contribution < 1.29 is 9.53 Å². The third-order valence-corrected chi connectivity index (χ3v) is 4.15. The monoisotopic (exact) mass is 328 g/mol. The summed E-state index contributed by atoms with van der Waals surface area (Å²) >= 11 is 6.09. The van der Waals surface area contributed by atoms with Gasteiger partial charge >= 0.3 is 0 Å². The molecule has 4 nitrogen and oxygen atoms in total. The van der Waals surface area contributed by atoms with Crippen molar-refractivity contribution in [1.82, 2.24) is 4.98 Å². The number of methoxy groups -OCH3 is 1. The van der Waals surface area contributed by atoms with E-state index >= 15 is 0 Å². The molecule has 1 heterocycles. The van der Waals surface area contributed by atoms with Crippen LogP contribution in [0.1, 0.15) is 21.6 Å². The number of carbonyl (C=O) groups excluding carboxylic acids is 1. The number of rotatable bonds is 3. The Morgan fingerprint density at radius 1 is 1.17 bits per heavy atom. The number of halogens is 1. The highest BCUT2D eigenvalue weighted by Crippen LogP contribution is 2.28. The van der Waals surface area contributed by atoms with Gasteiger partial charge in [0, 0.05) is 16.6 Å². The first-order chi connectivity index (χ1) is 11.0. The van der Waals surface area contributed by atoms with Crippen LogP contribution in [0.4, 0.5) is 5.69 Å². The summed E-state index contributed by atoms with van der Waals surface area (Å²) < 4.78 is 5.11. The average molecular weight is 329 g/mol. The predicted octanol–water partition coefficient (Wildman–Crippen LogP) is 4.70. The summed E-state index contributed by atoms with van der Waals surface area (Å²) in [6.07, 6.45) is 0. The zero-order valence-corrected chi connectivity index (χ0v) is 13.9. The van der Waals surface area contributed by atoms with Gasteiger partial charge in [-0.3, -0.25) is 4.79 Å². The molecule has 118 valence electrons. The molecule has 1 aromatic heterocycles. The molecule has 0 saturated heterocycles. The molecular weight excluding hydrogens is 312 g/mol. The number of aromatic amines is 1. The van der Waals surface area contributed by atoms with Crippen LogP contribution in [0.3, 0.4) is 0 Å². The number of carbonyl (C=O) groups is 1. The largest absolute Gasteiger partial charge is 0.495 e. The van der Waals surface area contributed by atoms with E-state index in [-0.39, 0.29) is 5.91 Å². The van der Waals surface area contributed by atoms with Crippen LogP contribution in [0.15, 0.2) is 36.4 Å². The van der Waals surface area contributed by atoms with Crippen molar-refractivity contribution in [2.45, 2.75) is 13.8 Å². The molecule has 0 aliphatic rings. The van der Waals surface area contributed by atoms with Crippen molar-refractivity contribution in [1.29, 1.82) is 0 Å². The molecule has 0 bridgehead atoms. The number of aryl methyl sites for hydroxylation is 2. The van der Waals surface area contributed by atoms with Gasteiger partial charge in [0.15, 0.2) is 0 Å². The van der Waals surface area contributed by atoms with Gasteiger partial charge in [-0.1, -0.05) is 23.7 Å². The minimum atomic E-state index is -0.197. The Morgan fingerprint density at radius 3 is 2.65 bits per heavy atom. The third-order valence-electron chi connectivity index (χ3n) is 3.85. The lowest BCUT2D eigenvalue weighted by Crippen LogP contribution is -2.13. The van der Waals surface area contributed by atoms with E-state index in [1.165, 1.54) is 0 Å². The summed E-state index contributed by atoms with van der Waals surface area (Å²) in [5.41, 5.74) is 4.21. The molecule has 23 heavy (non-hydrogen) atoms. The number of nitrogens with one attached hydrogen (secondary N) is 2. The number of amides is 1. The molecule has 2 aromatic carbocycles. The van der Waals surface area contributed by atoms with Gasteiger partial charge in [0.05, 0.1) is 12.1 Å². The molecule has 2 N–H and O–H groups in total. The van der Waals surface area contributed by atoms with Crippen molar-refractivity contribution in [2.75, 3.05) is 12.4 Å². The molecule has 3 aromatic rings. The molecular formula is C18H17ClN2O2. The normalized spacial score (nSPS) is 10.8. The molecule has 0 fully saturated rings. The minimum Gasteiger partial charge on any atom is -0.495 e. The standard InChI is InChI=1S/C18H17ClN2O2/c1-10-4-6-13-11(2)17(21-15(13)8-10)18(22)20-12-5-7-16(23-3)14(19)9-12/h4-9,21H,1-3H3,(H,20,22).